The molecule has 0 aromatic heterocycles. The zero-order chi connectivity index (χ0) is 12.7. The SMILES string of the molecule is C/C(=C\c1ccccc1)C(=O)NCCN(C)C. The van der Waals surface area contributed by atoms with Crippen LogP contribution in [0.5, 0.6) is 0 Å². The summed E-state index contributed by atoms with van der Waals surface area (Å²) in [5.74, 6) is -0.00398. The predicted octanol–water partition coefficient (Wildman–Crippen LogP) is 1.77. The van der Waals surface area contributed by atoms with E-state index in [4.69, 9.17) is 0 Å². The first-order chi connectivity index (χ1) is 8.09. The average molecular weight is 232 g/mol. The minimum Gasteiger partial charge on any atom is -0.351 e. The van der Waals surface area contributed by atoms with Crippen molar-refractivity contribution in [2.75, 3.05) is 27.2 Å². The van der Waals surface area contributed by atoms with Crippen molar-refractivity contribution >= 4 is 12.0 Å². The molecule has 0 fully saturated rings. The van der Waals surface area contributed by atoms with Crippen LogP contribution in [0.25, 0.3) is 6.08 Å². The fourth-order valence-electron chi connectivity index (χ4n) is 1.40. The van der Waals surface area contributed by atoms with Crippen LogP contribution in [0, 0.1) is 0 Å². The van der Waals surface area contributed by atoms with Gasteiger partial charge in [0.25, 0.3) is 0 Å². The quantitative estimate of drug-likeness (QED) is 0.785. The van der Waals surface area contributed by atoms with E-state index in [2.05, 4.69) is 5.32 Å². The Balaban J connectivity index is 2.49. The number of nitrogens with zero attached hydrogens (tertiary/aromatic N) is 1. The molecular formula is C14H20N2O. The molecule has 0 aliphatic rings. The first-order valence-corrected chi connectivity index (χ1v) is 5.76. The number of carbonyl (C=O) groups excluding carboxylic acids is 1. The Kier molecular flexibility index (Phi) is 5.43. The van der Waals surface area contributed by atoms with Crippen molar-refractivity contribution in [3.05, 3.63) is 41.5 Å². The summed E-state index contributed by atoms with van der Waals surface area (Å²) in [5, 5.41) is 2.89. The molecule has 0 unspecified atom stereocenters. The Morgan fingerprint density at radius 1 is 1.29 bits per heavy atom. The highest BCUT2D eigenvalue weighted by atomic mass is 16.1. The van der Waals surface area contributed by atoms with Gasteiger partial charge >= 0.3 is 0 Å². The molecule has 1 aromatic carbocycles. The van der Waals surface area contributed by atoms with E-state index in [0.29, 0.717) is 6.54 Å². The van der Waals surface area contributed by atoms with Gasteiger partial charge in [0.15, 0.2) is 0 Å². The lowest BCUT2D eigenvalue weighted by atomic mass is 10.1. The molecule has 1 amide bonds. The summed E-state index contributed by atoms with van der Waals surface area (Å²) >= 11 is 0. The highest BCUT2D eigenvalue weighted by Gasteiger charge is 2.03. The lowest BCUT2D eigenvalue weighted by molar-refractivity contribution is -0.117. The highest BCUT2D eigenvalue weighted by molar-refractivity contribution is 5.97. The number of hydrogen-bond acceptors (Lipinski definition) is 2. The molecule has 1 rings (SSSR count). The molecule has 0 spiro atoms. The Hall–Kier alpha value is -1.61. The standard InChI is InChI=1S/C14H20N2O/c1-12(11-13-7-5-4-6-8-13)14(17)15-9-10-16(2)3/h4-8,11H,9-10H2,1-3H3,(H,15,17)/b12-11+. The zero-order valence-electron chi connectivity index (χ0n) is 10.7. The lowest BCUT2D eigenvalue weighted by Gasteiger charge is -2.10. The van der Waals surface area contributed by atoms with Crippen molar-refractivity contribution in [3.8, 4) is 0 Å². The maximum atomic E-state index is 11.7. The van der Waals surface area contributed by atoms with Crippen molar-refractivity contribution in [1.29, 1.82) is 0 Å². The van der Waals surface area contributed by atoms with Gasteiger partial charge in [0, 0.05) is 18.7 Å². The number of carbonyl (C=O) groups is 1. The summed E-state index contributed by atoms with van der Waals surface area (Å²) < 4.78 is 0. The second-order valence-corrected chi connectivity index (χ2v) is 4.30. The molecule has 3 heteroatoms. The number of rotatable bonds is 5. The third-order valence-electron chi connectivity index (χ3n) is 2.39. The Morgan fingerprint density at radius 3 is 2.53 bits per heavy atom. The van der Waals surface area contributed by atoms with Crippen LogP contribution in [-0.2, 0) is 4.79 Å². The van der Waals surface area contributed by atoms with Crippen molar-refractivity contribution < 1.29 is 4.79 Å². The van der Waals surface area contributed by atoms with E-state index in [1.54, 1.807) is 0 Å². The van der Waals surface area contributed by atoms with Crippen LogP contribution < -0.4 is 5.32 Å². The van der Waals surface area contributed by atoms with Gasteiger partial charge in [-0.25, -0.2) is 0 Å². The molecular weight excluding hydrogens is 212 g/mol. The highest BCUT2D eigenvalue weighted by Crippen LogP contribution is 2.05. The van der Waals surface area contributed by atoms with Crippen LogP contribution in [0.2, 0.25) is 0 Å². The molecule has 0 bridgehead atoms. The molecule has 0 aliphatic heterocycles. The fraction of sp³-hybridized carbons (Fsp3) is 0.357. The van der Waals surface area contributed by atoms with E-state index in [-0.39, 0.29) is 5.91 Å². The maximum Gasteiger partial charge on any atom is 0.246 e. The van der Waals surface area contributed by atoms with Gasteiger partial charge in [-0.05, 0) is 32.7 Å². The van der Waals surface area contributed by atoms with Gasteiger partial charge in [-0.3, -0.25) is 4.79 Å². The van der Waals surface area contributed by atoms with E-state index in [1.807, 2.05) is 62.3 Å². The summed E-state index contributed by atoms with van der Waals surface area (Å²) in [6, 6.07) is 9.85. The second-order valence-electron chi connectivity index (χ2n) is 4.30. The van der Waals surface area contributed by atoms with E-state index in [9.17, 15) is 4.79 Å². The molecule has 17 heavy (non-hydrogen) atoms. The topological polar surface area (TPSA) is 32.3 Å². The fourth-order valence-corrected chi connectivity index (χ4v) is 1.40. The van der Waals surface area contributed by atoms with Crippen molar-refractivity contribution in [3.63, 3.8) is 0 Å². The third kappa shape index (κ3) is 5.31. The number of amides is 1. The van der Waals surface area contributed by atoms with Gasteiger partial charge in [-0.1, -0.05) is 30.3 Å². The number of hydrogen-bond donors (Lipinski definition) is 1. The van der Waals surface area contributed by atoms with Crippen molar-refractivity contribution in [1.82, 2.24) is 10.2 Å². The van der Waals surface area contributed by atoms with Crippen LogP contribution in [0.3, 0.4) is 0 Å². The van der Waals surface area contributed by atoms with Crippen LogP contribution in [0.1, 0.15) is 12.5 Å². The van der Waals surface area contributed by atoms with Gasteiger partial charge in [0.2, 0.25) is 5.91 Å². The first kappa shape index (κ1) is 13.5. The lowest BCUT2D eigenvalue weighted by Crippen LogP contribution is -2.31. The van der Waals surface area contributed by atoms with Crippen LogP contribution in [-0.4, -0.2) is 38.0 Å². The maximum absolute atomic E-state index is 11.7. The summed E-state index contributed by atoms with van der Waals surface area (Å²) in [7, 11) is 3.97. The van der Waals surface area contributed by atoms with Crippen LogP contribution >= 0.6 is 0 Å². The zero-order valence-corrected chi connectivity index (χ0v) is 10.7. The first-order valence-electron chi connectivity index (χ1n) is 5.76. The summed E-state index contributed by atoms with van der Waals surface area (Å²) in [4.78, 5) is 13.8. The van der Waals surface area contributed by atoms with Gasteiger partial charge in [-0.2, -0.15) is 0 Å². The largest absolute Gasteiger partial charge is 0.351 e. The third-order valence-corrected chi connectivity index (χ3v) is 2.39. The van der Waals surface area contributed by atoms with Crippen molar-refractivity contribution in [2.24, 2.45) is 0 Å². The minimum atomic E-state index is -0.00398. The smallest absolute Gasteiger partial charge is 0.246 e. The number of benzene rings is 1. The Labute approximate surface area is 103 Å². The summed E-state index contributed by atoms with van der Waals surface area (Å²) in [5.41, 5.74) is 1.78. The Bertz CT molecular complexity index is 382. The van der Waals surface area contributed by atoms with Gasteiger partial charge in [0.1, 0.15) is 0 Å². The summed E-state index contributed by atoms with van der Waals surface area (Å²) in [6.45, 7) is 3.36. The molecule has 0 saturated carbocycles. The van der Waals surface area contributed by atoms with Crippen LogP contribution in [0.4, 0.5) is 0 Å². The van der Waals surface area contributed by atoms with E-state index in [0.717, 1.165) is 17.7 Å². The van der Waals surface area contributed by atoms with E-state index >= 15 is 0 Å². The van der Waals surface area contributed by atoms with Crippen LogP contribution in [0.15, 0.2) is 35.9 Å². The molecule has 0 radical (unpaired) electrons. The second kappa shape index (κ2) is 6.86. The normalized spacial score (nSPS) is 11.6. The Morgan fingerprint density at radius 2 is 1.94 bits per heavy atom. The predicted molar refractivity (Wildman–Crippen MR) is 71.7 cm³/mol. The molecule has 3 nitrogen and oxygen atoms in total. The molecule has 1 N–H and O–H groups in total. The average Bonchev–Trinajstić information content (AvgIpc) is 2.29. The van der Waals surface area contributed by atoms with E-state index < -0.39 is 0 Å². The monoisotopic (exact) mass is 232 g/mol. The minimum absolute atomic E-state index is 0.00398. The molecule has 1 aromatic rings. The van der Waals surface area contributed by atoms with Gasteiger partial charge in [0.05, 0.1) is 0 Å². The summed E-state index contributed by atoms with van der Waals surface area (Å²) in [6.07, 6.45) is 1.89. The van der Waals surface area contributed by atoms with Gasteiger partial charge in [-0.15, -0.1) is 0 Å². The molecule has 0 atom stereocenters. The molecule has 0 aliphatic carbocycles. The van der Waals surface area contributed by atoms with E-state index in [1.165, 1.54) is 0 Å². The molecule has 0 saturated heterocycles. The van der Waals surface area contributed by atoms with Gasteiger partial charge < -0.3 is 10.2 Å². The number of nitrogens with one attached hydrogen (secondary N) is 1. The number of likely N-dealkylation sites (N-methyl/N-ethyl adjacent to an activating group) is 1. The molecule has 0 heterocycles. The van der Waals surface area contributed by atoms with Crippen molar-refractivity contribution in [2.45, 2.75) is 6.92 Å². The molecule has 92 valence electrons.